The third kappa shape index (κ3) is 13.5. The minimum absolute atomic E-state index is 0.234. The average molecular weight is 738 g/mol. The highest BCUT2D eigenvalue weighted by molar-refractivity contribution is 7.80. The van der Waals surface area contributed by atoms with Crippen molar-refractivity contribution in [3.63, 3.8) is 0 Å². The van der Waals surface area contributed by atoms with Crippen molar-refractivity contribution in [1.82, 2.24) is 5.32 Å². The van der Waals surface area contributed by atoms with E-state index in [0.29, 0.717) is 94.8 Å². The monoisotopic (exact) mass is 737 g/mol. The number of nitrogens with one attached hydrogen (secondary N) is 1. The first kappa shape index (κ1) is 41.9. The third-order valence-electron chi connectivity index (χ3n) is 8.22. The number of aliphatic hydroxyl groups is 1. The Balaban J connectivity index is 1.36. The molecule has 2 aromatic carbocycles. The Morgan fingerprint density at radius 3 is 2.24 bits per heavy atom. The Morgan fingerprint density at radius 2 is 1.63 bits per heavy atom. The lowest BCUT2D eigenvalue weighted by atomic mass is 9.79. The van der Waals surface area contributed by atoms with Gasteiger partial charge in [-0.2, -0.15) is 18.4 Å². The summed E-state index contributed by atoms with van der Waals surface area (Å²) in [7, 11) is 0. The van der Waals surface area contributed by atoms with Crippen LogP contribution in [-0.2, 0) is 31.5 Å². The van der Waals surface area contributed by atoms with E-state index in [4.69, 9.17) is 41.2 Å². The highest BCUT2D eigenvalue weighted by Gasteiger charge is 2.44. The van der Waals surface area contributed by atoms with E-state index >= 15 is 0 Å². The molecule has 1 aliphatic rings. The Hall–Kier alpha value is -3.48. The lowest BCUT2D eigenvalue weighted by Gasteiger charge is -2.50. The number of rotatable bonds is 18. The highest BCUT2D eigenvalue weighted by atomic mass is 32.1. The molecule has 1 aliphatic heterocycles. The molecule has 2 aromatic rings. The summed E-state index contributed by atoms with van der Waals surface area (Å²) in [6.45, 7) is 12.6. The number of benzene rings is 2. The first-order chi connectivity index (χ1) is 24.0. The number of hydrogen-bond acceptors (Lipinski definition) is 9. The van der Waals surface area contributed by atoms with Gasteiger partial charge in [0, 0.05) is 31.2 Å². The van der Waals surface area contributed by atoms with Gasteiger partial charge >= 0.3 is 12.3 Å². The van der Waals surface area contributed by atoms with Crippen LogP contribution in [0.5, 0.6) is 5.75 Å². The molecule has 282 valence electrons. The molecule has 14 heteroatoms. The molecule has 0 saturated carbocycles. The minimum Gasteiger partial charge on any atom is -0.494 e. The summed E-state index contributed by atoms with van der Waals surface area (Å²) >= 11 is 5.91. The number of carbonyl (C=O) groups excluding carboxylic acids is 1. The van der Waals surface area contributed by atoms with Gasteiger partial charge in [-0.15, -0.1) is 0 Å². The lowest BCUT2D eigenvalue weighted by molar-refractivity contribution is -0.137. The maximum absolute atomic E-state index is 13.5. The van der Waals surface area contributed by atoms with Gasteiger partial charge in [-0.3, -0.25) is 0 Å². The number of aliphatic hydroxyl groups excluding tert-OH is 1. The first-order valence-electron chi connectivity index (χ1n) is 17.1. The van der Waals surface area contributed by atoms with Crippen LogP contribution in [0.4, 0.5) is 23.7 Å². The van der Waals surface area contributed by atoms with Gasteiger partial charge in [0.15, 0.2) is 0 Å². The zero-order chi connectivity index (χ0) is 37.7. The number of piperidine rings is 1. The van der Waals surface area contributed by atoms with Gasteiger partial charge in [-0.05, 0) is 95.8 Å². The summed E-state index contributed by atoms with van der Waals surface area (Å²) in [4.78, 5) is 14.1. The number of hydrogen-bond donors (Lipinski definition) is 2. The summed E-state index contributed by atoms with van der Waals surface area (Å²) < 4.78 is 67.9. The number of carbonyl (C=O) groups is 1. The van der Waals surface area contributed by atoms with Crippen molar-refractivity contribution >= 4 is 29.0 Å². The predicted octanol–water partition coefficient (Wildman–Crippen LogP) is 6.85. The number of halogens is 3. The van der Waals surface area contributed by atoms with Crippen molar-refractivity contribution in [2.45, 2.75) is 83.7 Å². The molecule has 2 unspecified atom stereocenters. The summed E-state index contributed by atoms with van der Waals surface area (Å²) in [5.74, 6) is 0.435. The van der Waals surface area contributed by atoms with Crippen LogP contribution in [0.15, 0.2) is 42.5 Å². The van der Waals surface area contributed by atoms with E-state index in [0.717, 1.165) is 11.8 Å². The molecule has 1 fully saturated rings. The van der Waals surface area contributed by atoms with Gasteiger partial charge < -0.3 is 39.0 Å². The first-order valence-corrected chi connectivity index (χ1v) is 17.5. The molecule has 1 heterocycles. The second-order valence-electron chi connectivity index (χ2n) is 13.8. The molecular formula is C37H50F3N3O7S. The smallest absolute Gasteiger partial charge is 0.417 e. The molecule has 51 heavy (non-hydrogen) atoms. The number of alkyl carbamates (subject to hydrolysis) is 1. The maximum atomic E-state index is 13.5. The zero-order valence-corrected chi connectivity index (χ0v) is 30.8. The van der Waals surface area contributed by atoms with Crippen LogP contribution < -0.4 is 15.0 Å². The number of amides is 1. The Labute approximate surface area is 304 Å². The Kier molecular flexibility index (Phi) is 15.9. The summed E-state index contributed by atoms with van der Waals surface area (Å²) in [5.41, 5.74) is -1.36. The fourth-order valence-electron chi connectivity index (χ4n) is 5.52. The molecular weight excluding hydrogens is 687 g/mol. The molecule has 3 rings (SSSR count). The standard InChI is InChI=1S/C37H50F3N3O7S/c1-35(2,3)50-34(45)42-15-18-47-20-22-48-21-19-46-16-6-17-49-30-13-11-29(12-14-30)43-33(51)27(24-32(44)36(43,4)5)9-7-26-8-10-28(25-41)31(23-26)37(38,39)40/h8,10-14,23,27,32,44H,6-7,9,15-22,24H2,1-5H3,(H,42,45). The average Bonchev–Trinajstić information content (AvgIpc) is 3.05. The molecule has 2 atom stereocenters. The van der Waals surface area contributed by atoms with Gasteiger partial charge in [0.2, 0.25) is 0 Å². The van der Waals surface area contributed by atoms with Gasteiger partial charge in [0.25, 0.3) is 0 Å². The van der Waals surface area contributed by atoms with Crippen molar-refractivity contribution in [2.75, 3.05) is 57.7 Å². The van der Waals surface area contributed by atoms with E-state index in [1.165, 1.54) is 12.1 Å². The normalized spacial score (nSPS) is 17.6. The topological polar surface area (TPSA) is 123 Å². The zero-order valence-electron chi connectivity index (χ0n) is 30.0. The fraction of sp³-hybridized carbons (Fsp3) is 0.595. The Bertz CT molecular complexity index is 1460. The highest BCUT2D eigenvalue weighted by Crippen LogP contribution is 2.39. The van der Waals surface area contributed by atoms with Crippen LogP contribution in [-0.4, -0.2) is 86.2 Å². The second kappa shape index (κ2) is 19.4. The third-order valence-corrected chi connectivity index (χ3v) is 8.73. The summed E-state index contributed by atoms with van der Waals surface area (Å²) in [6, 6.07) is 12.8. The van der Waals surface area contributed by atoms with Crippen LogP contribution in [0, 0.1) is 17.2 Å². The van der Waals surface area contributed by atoms with Crippen LogP contribution >= 0.6 is 12.2 Å². The SMILES string of the molecule is CC(C)(C)OC(=O)NCCOCCOCCOCCCOc1ccc(N2C(=S)C(CCc3ccc(C#N)c(C(F)(F)F)c3)CC(O)C2(C)C)cc1. The van der Waals surface area contributed by atoms with Crippen LogP contribution in [0.2, 0.25) is 0 Å². The van der Waals surface area contributed by atoms with Gasteiger partial charge in [-0.1, -0.05) is 18.3 Å². The largest absolute Gasteiger partial charge is 0.494 e. The van der Waals surface area contributed by atoms with E-state index in [1.807, 2.05) is 43.0 Å². The minimum atomic E-state index is -4.62. The second-order valence-corrected chi connectivity index (χ2v) is 14.2. The van der Waals surface area contributed by atoms with Gasteiger partial charge in [0.05, 0.1) is 73.5 Å². The van der Waals surface area contributed by atoms with Crippen molar-refractivity contribution in [3.8, 4) is 11.8 Å². The number of nitriles is 1. The van der Waals surface area contributed by atoms with Crippen LogP contribution in [0.25, 0.3) is 0 Å². The van der Waals surface area contributed by atoms with Crippen molar-refractivity contribution in [3.05, 3.63) is 59.2 Å². The molecule has 2 N–H and O–H groups in total. The number of ether oxygens (including phenoxy) is 5. The van der Waals surface area contributed by atoms with Gasteiger partial charge in [-0.25, -0.2) is 4.79 Å². The van der Waals surface area contributed by atoms with E-state index in [-0.39, 0.29) is 5.92 Å². The van der Waals surface area contributed by atoms with E-state index in [2.05, 4.69) is 5.32 Å². The number of thiocarbonyl (C=S) groups is 1. The van der Waals surface area contributed by atoms with Crippen LogP contribution in [0.1, 0.15) is 70.6 Å². The van der Waals surface area contributed by atoms with E-state index in [9.17, 15) is 23.1 Å². The van der Waals surface area contributed by atoms with Crippen molar-refractivity contribution < 1.29 is 46.8 Å². The molecule has 10 nitrogen and oxygen atoms in total. The summed E-state index contributed by atoms with van der Waals surface area (Å²) in [5, 5.41) is 22.8. The van der Waals surface area contributed by atoms with E-state index in [1.54, 1.807) is 26.8 Å². The fourth-order valence-corrected chi connectivity index (χ4v) is 6.07. The molecule has 0 radical (unpaired) electrons. The molecule has 0 aliphatic carbocycles. The lowest BCUT2D eigenvalue weighted by Crippen LogP contribution is -2.61. The molecule has 0 bridgehead atoms. The number of nitrogens with zero attached hydrogens (tertiary/aromatic N) is 2. The number of aryl methyl sites for hydroxylation is 1. The molecule has 0 spiro atoms. The van der Waals surface area contributed by atoms with E-state index < -0.39 is 40.6 Å². The quantitative estimate of drug-likeness (QED) is 0.124. The van der Waals surface area contributed by atoms with Crippen molar-refractivity contribution in [1.29, 1.82) is 5.26 Å². The van der Waals surface area contributed by atoms with Gasteiger partial charge in [0.1, 0.15) is 11.4 Å². The number of anilines is 1. The Morgan fingerprint density at radius 1 is 1.00 bits per heavy atom. The predicted molar refractivity (Wildman–Crippen MR) is 191 cm³/mol. The molecule has 1 amide bonds. The maximum Gasteiger partial charge on any atom is 0.417 e. The van der Waals surface area contributed by atoms with Crippen LogP contribution in [0.3, 0.4) is 0 Å². The summed E-state index contributed by atoms with van der Waals surface area (Å²) in [6.07, 6.45) is -3.99. The number of alkyl halides is 3. The molecule has 0 aromatic heterocycles. The molecule has 1 saturated heterocycles. The van der Waals surface area contributed by atoms with Crippen molar-refractivity contribution in [2.24, 2.45) is 5.92 Å².